The second-order valence-corrected chi connectivity index (χ2v) is 6.52. The van der Waals surface area contributed by atoms with E-state index in [2.05, 4.69) is 14.9 Å². The molecule has 0 atom stereocenters. The number of aromatic nitrogens is 2. The van der Waals surface area contributed by atoms with Crippen LogP contribution >= 0.6 is 0 Å². The van der Waals surface area contributed by atoms with Gasteiger partial charge >= 0.3 is 0 Å². The fraction of sp³-hybridized carbons (Fsp3) is 0.421. The molecule has 2 aliphatic heterocycles. The number of hydrogen-bond acceptors (Lipinski definition) is 5. The van der Waals surface area contributed by atoms with Gasteiger partial charge in [0.2, 0.25) is 0 Å². The number of hydrogen-bond donors (Lipinski definition) is 0. The number of fused-ring (bicyclic) bond motifs is 1. The zero-order valence-corrected chi connectivity index (χ0v) is 14.5. The first-order valence-electron chi connectivity index (χ1n) is 8.92. The Morgan fingerprint density at radius 2 is 1.73 bits per heavy atom. The van der Waals surface area contributed by atoms with Crippen molar-refractivity contribution in [2.75, 3.05) is 44.3 Å². The molecule has 26 heavy (non-hydrogen) atoms. The van der Waals surface area contributed by atoms with Gasteiger partial charge in [0.1, 0.15) is 18.0 Å². The van der Waals surface area contributed by atoms with Crippen molar-refractivity contribution in [1.82, 2.24) is 14.9 Å². The lowest BCUT2D eigenvalue weighted by Gasteiger charge is -2.29. The van der Waals surface area contributed by atoms with Crippen LogP contribution in [0.4, 0.5) is 10.2 Å². The van der Waals surface area contributed by atoms with Gasteiger partial charge in [-0.2, -0.15) is 0 Å². The van der Waals surface area contributed by atoms with Crippen LogP contribution in [0.1, 0.15) is 21.6 Å². The van der Waals surface area contributed by atoms with E-state index >= 15 is 0 Å². The third kappa shape index (κ3) is 3.39. The third-order valence-corrected chi connectivity index (χ3v) is 4.95. The second kappa shape index (κ2) is 7.37. The molecule has 1 aromatic heterocycles. The highest BCUT2D eigenvalue weighted by molar-refractivity contribution is 5.94. The Labute approximate surface area is 151 Å². The number of halogens is 1. The van der Waals surface area contributed by atoms with E-state index in [1.165, 1.54) is 24.3 Å². The van der Waals surface area contributed by atoms with E-state index in [1.807, 2.05) is 4.90 Å². The van der Waals surface area contributed by atoms with Crippen LogP contribution < -0.4 is 4.90 Å². The number of morpholine rings is 1. The Kier molecular flexibility index (Phi) is 4.79. The molecule has 7 heteroatoms. The maximum atomic E-state index is 13.1. The number of amides is 1. The first-order chi connectivity index (χ1) is 12.7. The molecule has 0 spiro atoms. The zero-order valence-electron chi connectivity index (χ0n) is 14.5. The van der Waals surface area contributed by atoms with Gasteiger partial charge in [0.15, 0.2) is 0 Å². The minimum Gasteiger partial charge on any atom is -0.378 e. The molecule has 4 rings (SSSR count). The summed E-state index contributed by atoms with van der Waals surface area (Å²) >= 11 is 0. The van der Waals surface area contributed by atoms with E-state index in [1.54, 1.807) is 6.33 Å². The lowest BCUT2D eigenvalue weighted by molar-refractivity contribution is 0.0763. The SMILES string of the molecule is O=C(c1ccc(F)cc1)N1CCc2ncnc(N3CCOCC3)c2CC1. The van der Waals surface area contributed by atoms with E-state index in [9.17, 15) is 9.18 Å². The Morgan fingerprint density at radius 3 is 2.50 bits per heavy atom. The first kappa shape index (κ1) is 16.9. The molecule has 0 saturated carbocycles. The van der Waals surface area contributed by atoms with Crippen LogP contribution in [0.5, 0.6) is 0 Å². The molecular weight excluding hydrogens is 335 g/mol. The van der Waals surface area contributed by atoms with Crippen molar-refractivity contribution in [2.45, 2.75) is 12.8 Å². The molecule has 2 aromatic rings. The van der Waals surface area contributed by atoms with Gasteiger partial charge in [-0.3, -0.25) is 4.79 Å². The molecule has 6 nitrogen and oxygen atoms in total. The number of benzene rings is 1. The minimum atomic E-state index is -0.338. The number of anilines is 1. The van der Waals surface area contributed by atoms with Crippen molar-refractivity contribution in [1.29, 1.82) is 0 Å². The average molecular weight is 356 g/mol. The Morgan fingerprint density at radius 1 is 1.00 bits per heavy atom. The summed E-state index contributed by atoms with van der Waals surface area (Å²) in [5.74, 6) is 0.559. The maximum absolute atomic E-state index is 13.1. The Hall–Kier alpha value is -2.54. The first-order valence-corrected chi connectivity index (χ1v) is 8.92. The number of rotatable bonds is 2. The van der Waals surface area contributed by atoms with Gasteiger partial charge in [-0.1, -0.05) is 0 Å². The normalized spacial score (nSPS) is 17.6. The van der Waals surface area contributed by atoms with Crippen molar-refractivity contribution in [2.24, 2.45) is 0 Å². The van der Waals surface area contributed by atoms with Gasteiger partial charge in [-0.25, -0.2) is 14.4 Å². The molecule has 1 saturated heterocycles. The molecule has 3 heterocycles. The molecule has 0 N–H and O–H groups in total. The summed E-state index contributed by atoms with van der Waals surface area (Å²) in [4.78, 5) is 25.8. The van der Waals surface area contributed by atoms with Gasteiger partial charge in [-0.05, 0) is 30.7 Å². The van der Waals surface area contributed by atoms with Gasteiger partial charge in [0.25, 0.3) is 5.91 Å². The van der Waals surface area contributed by atoms with Crippen LogP contribution in [0, 0.1) is 5.82 Å². The summed E-state index contributed by atoms with van der Waals surface area (Å²) < 4.78 is 18.5. The molecular formula is C19H21FN4O2. The van der Waals surface area contributed by atoms with Crippen LogP contribution in [0.2, 0.25) is 0 Å². The highest BCUT2D eigenvalue weighted by Crippen LogP contribution is 2.25. The summed E-state index contributed by atoms with van der Waals surface area (Å²) in [6.07, 6.45) is 3.03. The number of nitrogens with zero attached hydrogens (tertiary/aromatic N) is 4. The van der Waals surface area contributed by atoms with Gasteiger partial charge < -0.3 is 14.5 Å². The molecule has 2 aliphatic rings. The summed E-state index contributed by atoms with van der Waals surface area (Å²) in [6, 6.07) is 5.72. The monoisotopic (exact) mass is 356 g/mol. The van der Waals surface area contributed by atoms with Crippen molar-refractivity contribution < 1.29 is 13.9 Å². The fourth-order valence-electron chi connectivity index (χ4n) is 3.53. The van der Waals surface area contributed by atoms with E-state index in [0.717, 1.165) is 36.6 Å². The fourth-order valence-corrected chi connectivity index (χ4v) is 3.53. The summed E-state index contributed by atoms with van der Waals surface area (Å²) in [5.41, 5.74) is 2.65. The quantitative estimate of drug-likeness (QED) is 0.820. The molecule has 0 aliphatic carbocycles. The predicted molar refractivity (Wildman–Crippen MR) is 94.8 cm³/mol. The summed E-state index contributed by atoms with van der Waals surface area (Å²) in [6.45, 7) is 4.25. The van der Waals surface area contributed by atoms with Crippen molar-refractivity contribution in [3.05, 3.63) is 53.2 Å². The van der Waals surface area contributed by atoms with Crippen molar-refractivity contribution in [3.63, 3.8) is 0 Å². The van der Waals surface area contributed by atoms with Crippen LogP contribution in [0.25, 0.3) is 0 Å². The summed E-state index contributed by atoms with van der Waals surface area (Å²) in [7, 11) is 0. The topological polar surface area (TPSA) is 58.6 Å². The highest BCUT2D eigenvalue weighted by atomic mass is 19.1. The molecule has 136 valence electrons. The predicted octanol–water partition coefficient (Wildman–Crippen LogP) is 1.69. The number of carbonyl (C=O) groups excluding carboxylic acids is 1. The van der Waals surface area contributed by atoms with Crippen LogP contribution in [0.3, 0.4) is 0 Å². The van der Waals surface area contributed by atoms with E-state index in [0.29, 0.717) is 38.3 Å². The number of carbonyl (C=O) groups is 1. The van der Waals surface area contributed by atoms with E-state index < -0.39 is 0 Å². The Balaban J connectivity index is 1.53. The van der Waals surface area contributed by atoms with Crippen LogP contribution in [0.15, 0.2) is 30.6 Å². The number of ether oxygens (including phenoxy) is 1. The molecule has 1 amide bonds. The largest absolute Gasteiger partial charge is 0.378 e. The van der Waals surface area contributed by atoms with E-state index in [4.69, 9.17) is 4.74 Å². The Bertz CT molecular complexity index is 791. The highest BCUT2D eigenvalue weighted by Gasteiger charge is 2.25. The molecule has 0 bridgehead atoms. The third-order valence-electron chi connectivity index (χ3n) is 4.95. The average Bonchev–Trinajstić information content (AvgIpc) is 2.91. The molecule has 1 aromatic carbocycles. The maximum Gasteiger partial charge on any atom is 0.253 e. The minimum absolute atomic E-state index is 0.0707. The zero-order chi connectivity index (χ0) is 17.9. The molecule has 0 unspecified atom stereocenters. The van der Waals surface area contributed by atoms with Crippen molar-refractivity contribution in [3.8, 4) is 0 Å². The van der Waals surface area contributed by atoms with Crippen LogP contribution in [-0.4, -0.2) is 60.2 Å². The second-order valence-electron chi connectivity index (χ2n) is 6.52. The smallest absolute Gasteiger partial charge is 0.253 e. The molecule has 0 radical (unpaired) electrons. The molecule has 1 fully saturated rings. The standard InChI is InChI=1S/C19H21FN4O2/c20-15-3-1-14(2-4-15)19(25)24-7-5-16-17(6-8-24)21-13-22-18(16)23-9-11-26-12-10-23/h1-4,13H,5-12H2. The summed E-state index contributed by atoms with van der Waals surface area (Å²) in [5, 5.41) is 0. The van der Waals surface area contributed by atoms with Gasteiger partial charge in [0.05, 0.1) is 18.9 Å². The van der Waals surface area contributed by atoms with Gasteiger partial charge in [-0.15, -0.1) is 0 Å². The van der Waals surface area contributed by atoms with Crippen LogP contribution in [-0.2, 0) is 17.6 Å². The van der Waals surface area contributed by atoms with Gasteiger partial charge in [0, 0.05) is 43.7 Å². The lowest BCUT2D eigenvalue weighted by atomic mass is 10.1. The lowest BCUT2D eigenvalue weighted by Crippen LogP contribution is -2.37. The van der Waals surface area contributed by atoms with E-state index in [-0.39, 0.29) is 11.7 Å². The van der Waals surface area contributed by atoms with Crippen molar-refractivity contribution >= 4 is 11.7 Å².